The fraction of sp³-hybridized carbons (Fsp3) is 1.00. The van der Waals surface area contributed by atoms with Crippen molar-refractivity contribution < 1.29 is 13.2 Å². The van der Waals surface area contributed by atoms with Gasteiger partial charge in [-0.05, 0) is 20.3 Å². The number of hydrogen-bond donors (Lipinski definition) is 1. The van der Waals surface area contributed by atoms with Crippen LogP contribution in [0.3, 0.4) is 0 Å². The molecule has 0 aromatic carbocycles. The third-order valence-electron chi connectivity index (χ3n) is 2.31. The Bertz CT molecular complexity index is 262. The van der Waals surface area contributed by atoms with Crippen molar-refractivity contribution >= 4 is 10.0 Å². The molecule has 1 aliphatic rings. The SMILES string of the molecule is CC1OCCC1(C)NS(C)(=O)=O. The van der Waals surface area contributed by atoms with Gasteiger partial charge in [0.2, 0.25) is 10.0 Å². The summed E-state index contributed by atoms with van der Waals surface area (Å²) in [7, 11) is -3.13. The third kappa shape index (κ3) is 2.18. The Morgan fingerprint density at radius 1 is 1.58 bits per heavy atom. The van der Waals surface area contributed by atoms with Crippen LogP contribution in [0.25, 0.3) is 0 Å². The van der Waals surface area contributed by atoms with Crippen molar-refractivity contribution in [3.05, 3.63) is 0 Å². The van der Waals surface area contributed by atoms with E-state index in [4.69, 9.17) is 4.74 Å². The molecule has 0 saturated carbocycles. The summed E-state index contributed by atoms with van der Waals surface area (Å²) in [5, 5.41) is 0. The Labute approximate surface area is 73.3 Å². The zero-order valence-electron chi connectivity index (χ0n) is 7.62. The Hall–Kier alpha value is -0.130. The first-order chi connectivity index (χ1) is 5.33. The summed E-state index contributed by atoms with van der Waals surface area (Å²) < 4.78 is 29.8. The van der Waals surface area contributed by atoms with Gasteiger partial charge in [0.1, 0.15) is 0 Å². The van der Waals surface area contributed by atoms with Gasteiger partial charge < -0.3 is 4.74 Å². The average molecular weight is 193 g/mol. The molecule has 1 saturated heterocycles. The Balaban J connectivity index is 2.73. The van der Waals surface area contributed by atoms with Crippen LogP contribution >= 0.6 is 0 Å². The molecule has 1 heterocycles. The van der Waals surface area contributed by atoms with Gasteiger partial charge in [-0.15, -0.1) is 0 Å². The molecule has 4 nitrogen and oxygen atoms in total. The largest absolute Gasteiger partial charge is 0.376 e. The molecule has 0 aromatic heterocycles. The standard InChI is InChI=1S/C7H15NO3S/c1-6-7(2,4-5-11-6)8-12(3,9)10/h6,8H,4-5H2,1-3H3. The van der Waals surface area contributed by atoms with Crippen molar-refractivity contribution in [3.8, 4) is 0 Å². The lowest BCUT2D eigenvalue weighted by Gasteiger charge is -2.27. The van der Waals surface area contributed by atoms with Crippen LogP contribution in [-0.4, -0.2) is 32.9 Å². The van der Waals surface area contributed by atoms with E-state index in [0.29, 0.717) is 6.61 Å². The van der Waals surface area contributed by atoms with Gasteiger partial charge in [0.05, 0.1) is 17.9 Å². The minimum atomic E-state index is -3.13. The fourth-order valence-electron chi connectivity index (χ4n) is 1.39. The van der Waals surface area contributed by atoms with Gasteiger partial charge in [0.15, 0.2) is 0 Å². The van der Waals surface area contributed by atoms with Gasteiger partial charge in [0, 0.05) is 6.61 Å². The number of hydrogen-bond acceptors (Lipinski definition) is 3. The van der Waals surface area contributed by atoms with E-state index in [-0.39, 0.29) is 6.10 Å². The zero-order valence-corrected chi connectivity index (χ0v) is 8.44. The minimum absolute atomic E-state index is 0.0489. The van der Waals surface area contributed by atoms with Crippen molar-refractivity contribution in [1.29, 1.82) is 0 Å². The topological polar surface area (TPSA) is 55.4 Å². The molecular weight excluding hydrogens is 178 g/mol. The van der Waals surface area contributed by atoms with Crippen molar-refractivity contribution in [2.24, 2.45) is 0 Å². The third-order valence-corrected chi connectivity index (χ3v) is 3.14. The highest BCUT2D eigenvalue weighted by atomic mass is 32.2. The normalized spacial score (nSPS) is 37.1. The molecule has 1 rings (SSSR count). The number of ether oxygens (including phenoxy) is 1. The van der Waals surface area contributed by atoms with Crippen LogP contribution < -0.4 is 4.72 Å². The summed E-state index contributed by atoms with van der Waals surface area (Å²) in [6.45, 7) is 4.37. The van der Waals surface area contributed by atoms with E-state index >= 15 is 0 Å². The molecule has 12 heavy (non-hydrogen) atoms. The first kappa shape index (κ1) is 9.95. The minimum Gasteiger partial charge on any atom is -0.376 e. The van der Waals surface area contributed by atoms with E-state index in [1.165, 1.54) is 6.26 Å². The summed E-state index contributed by atoms with van der Waals surface area (Å²) in [4.78, 5) is 0. The first-order valence-corrected chi connectivity index (χ1v) is 5.83. The van der Waals surface area contributed by atoms with Crippen LogP contribution in [0.5, 0.6) is 0 Å². The summed E-state index contributed by atoms with van der Waals surface area (Å²) >= 11 is 0. The summed E-state index contributed by atoms with van der Waals surface area (Å²) in [6, 6.07) is 0. The summed E-state index contributed by atoms with van der Waals surface area (Å²) in [5.41, 5.74) is -0.423. The van der Waals surface area contributed by atoms with Crippen LogP contribution in [0.2, 0.25) is 0 Å². The fourth-order valence-corrected chi connectivity index (χ4v) is 2.51. The number of rotatable bonds is 2. The highest BCUT2D eigenvalue weighted by molar-refractivity contribution is 7.88. The molecule has 0 amide bonds. The van der Waals surface area contributed by atoms with Crippen molar-refractivity contribution in [3.63, 3.8) is 0 Å². The molecule has 2 atom stereocenters. The molecule has 0 aliphatic carbocycles. The first-order valence-electron chi connectivity index (χ1n) is 3.94. The Morgan fingerprint density at radius 3 is 2.50 bits per heavy atom. The van der Waals surface area contributed by atoms with E-state index in [0.717, 1.165) is 6.42 Å². The zero-order chi connectivity index (χ0) is 9.41. The molecule has 2 unspecified atom stereocenters. The predicted molar refractivity (Wildman–Crippen MR) is 46.4 cm³/mol. The van der Waals surface area contributed by atoms with Crippen molar-refractivity contribution in [2.45, 2.75) is 31.9 Å². The molecule has 1 N–H and O–H groups in total. The van der Waals surface area contributed by atoms with Crippen LogP contribution in [0, 0.1) is 0 Å². The monoisotopic (exact) mass is 193 g/mol. The van der Waals surface area contributed by atoms with Gasteiger partial charge in [0.25, 0.3) is 0 Å². The van der Waals surface area contributed by atoms with Gasteiger partial charge in [-0.25, -0.2) is 13.1 Å². The number of nitrogens with one attached hydrogen (secondary N) is 1. The lowest BCUT2D eigenvalue weighted by Crippen LogP contribution is -2.50. The second kappa shape index (κ2) is 2.97. The van der Waals surface area contributed by atoms with Gasteiger partial charge in [-0.2, -0.15) is 0 Å². The molecule has 1 fully saturated rings. The molecule has 5 heteroatoms. The van der Waals surface area contributed by atoms with Crippen LogP contribution in [-0.2, 0) is 14.8 Å². The maximum absolute atomic E-state index is 11.0. The smallest absolute Gasteiger partial charge is 0.209 e. The number of sulfonamides is 1. The van der Waals surface area contributed by atoms with E-state index < -0.39 is 15.6 Å². The Morgan fingerprint density at radius 2 is 2.17 bits per heavy atom. The molecule has 0 aromatic rings. The van der Waals surface area contributed by atoms with Crippen LogP contribution in [0.4, 0.5) is 0 Å². The maximum atomic E-state index is 11.0. The molecule has 0 spiro atoms. The van der Waals surface area contributed by atoms with Crippen molar-refractivity contribution in [2.75, 3.05) is 12.9 Å². The highest BCUT2D eigenvalue weighted by Gasteiger charge is 2.38. The van der Waals surface area contributed by atoms with Gasteiger partial charge >= 0.3 is 0 Å². The average Bonchev–Trinajstić information content (AvgIpc) is 2.08. The molecule has 1 aliphatic heterocycles. The van der Waals surface area contributed by atoms with E-state index in [9.17, 15) is 8.42 Å². The quantitative estimate of drug-likeness (QED) is 0.677. The second-order valence-electron chi connectivity index (χ2n) is 3.55. The lowest BCUT2D eigenvalue weighted by molar-refractivity contribution is 0.0958. The van der Waals surface area contributed by atoms with E-state index in [2.05, 4.69) is 4.72 Å². The van der Waals surface area contributed by atoms with E-state index in [1.807, 2.05) is 13.8 Å². The van der Waals surface area contributed by atoms with Crippen LogP contribution in [0.1, 0.15) is 20.3 Å². The summed E-state index contributed by atoms with van der Waals surface area (Å²) in [5.74, 6) is 0. The van der Waals surface area contributed by atoms with Crippen LogP contribution in [0.15, 0.2) is 0 Å². The lowest BCUT2D eigenvalue weighted by atomic mass is 9.97. The molecule has 72 valence electrons. The molecular formula is C7H15NO3S. The second-order valence-corrected chi connectivity index (χ2v) is 5.30. The van der Waals surface area contributed by atoms with Gasteiger partial charge in [-0.1, -0.05) is 0 Å². The van der Waals surface area contributed by atoms with Crippen molar-refractivity contribution in [1.82, 2.24) is 4.72 Å². The Kier molecular flexibility index (Phi) is 2.47. The molecule has 0 radical (unpaired) electrons. The predicted octanol–water partition coefficient (Wildman–Crippen LogP) is 0.103. The van der Waals surface area contributed by atoms with E-state index in [1.54, 1.807) is 0 Å². The molecule has 0 bridgehead atoms. The summed E-state index contributed by atoms with van der Waals surface area (Å²) in [6.07, 6.45) is 1.86. The van der Waals surface area contributed by atoms with Gasteiger partial charge in [-0.3, -0.25) is 0 Å². The maximum Gasteiger partial charge on any atom is 0.209 e. The highest BCUT2D eigenvalue weighted by Crippen LogP contribution is 2.25.